The monoisotopic (exact) mass is 521 g/mol. The standard InChI is InChI=1S/C29H35N3O6/c1-18(2)7-6-8-21-11-23-27(30-13-21)38-26(19(3)14-32(29(23)35)20(4)16-33)15-31(5)28(34)22-9-10-24-25(12-22)37-17-36-24/h9-13,18-20,26,33H,7,14-17H2,1-5H3/t19-,20-,26-/m1/s1. The largest absolute Gasteiger partial charge is 0.472 e. The number of carbonyl (C=O) groups is 2. The molecule has 1 aromatic heterocycles. The molecule has 0 radical (unpaired) electrons. The number of hydrogen-bond acceptors (Lipinski definition) is 7. The summed E-state index contributed by atoms with van der Waals surface area (Å²) in [6, 6.07) is 6.40. The highest BCUT2D eigenvalue weighted by atomic mass is 16.7. The van der Waals surface area contributed by atoms with E-state index < -0.39 is 12.1 Å². The molecule has 0 bridgehead atoms. The minimum Gasteiger partial charge on any atom is -0.472 e. The molecule has 2 amide bonds. The van der Waals surface area contributed by atoms with Gasteiger partial charge in [-0.25, -0.2) is 4.98 Å². The molecule has 0 unspecified atom stereocenters. The molecular weight excluding hydrogens is 486 g/mol. The topological polar surface area (TPSA) is 101 Å². The molecular formula is C29H35N3O6. The number of fused-ring (bicyclic) bond motifs is 2. The Balaban J connectivity index is 1.60. The Bertz CT molecular complexity index is 1250. The Labute approximate surface area is 223 Å². The van der Waals surface area contributed by atoms with Gasteiger partial charge in [0.2, 0.25) is 12.7 Å². The molecule has 1 N–H and O–H groups in total. The van der Waals surface area contributed by atoms with Crippen molar-refractivity contribution in [1.29, 1.82) is 0 Å². The van der Waals surface area contributed by atoms with Crippen LogP contribution in [-0.4, -0.2) is 77.4 Å². The molecule has 1 aromatic carbocycles. The fraction of sp³-hybridized carbons (Fsp3) is 0.483. The first-order valence-electron chi connectivity index (χ1n) is 12.9. The van der Waals surface area contributed by atoms with Gasteiger partial charge in [-0.15, -0.1) is 0 Å². The third-order valence-corrected chi connectivity index (χ3v) is 6.68. The van der Waals surface area contributed by atoms with E-state index in [9.17, 15) is 14.7 Å². The van der Waals surface area contributed by atoms with E-state index in [1.54, 1.807) is 54.2 Å². The van der Waals surface area contributed by atoms with Gasteiger partial charge in [-0.2, -0.15) is 0 Å². The zero-order valence-electron chi connectivity index (χ0n) is 22.6. The van der Waals surface area contributed by atoms with Crippen LogP contribution in [0.1, 0.15) is 60.4 Å². The lowest BCUT2D eigenvalue weighted by molar-refractivity contribution is 0.0313. The average Bonchev–Trinajstić information content (AvgIpc) is 3.37. The van der Waals surface area contributed by atoms with Crippen LogP contribution < -0.4 is 14.2 Å². The van der Waals surface area contributed by atoms with Gasteiger partial charge < -0.3 is 29.1 Å². The van der Waals surface area contributed by atoms with Gasteiger partial charge in [0, 0.05) is 43.3 Å². The minimum absolute atomic E-state index is 0.134. The van der Waals surface area contributed by atoms with Crippen molar-refractivity contribution < 1.29 is 28.9 Å². The minimum atomic E-state index is -0.455. The number of ether oxygens (including phenoxy) is 3. The maximum atomic E-state index is 13.5. The Morgan fingerprint density at radius 1 is 1.24 bits per heavy atom. The summed E-state index contributed by atoms with van der Waals surface area (Å²) in [6.45, 7) is 8.52. The van der Waals surface area contributed by atoms with Crippen LogP contribution in [-0.2, 0) is 0 Å². The molecule has 0 aliphatic carbocycles. The Morgan fingerprint density at radius 2 is 2.00 bits per heavy atom. The van der Waals surface area contributed by atoms with E-state index in [0.29, 0.717) is 40.7 Å². The SMILES string of the molecule is CC(C)CC#Cc1cnc2c(c1)C(=O)N([C@H](C)CO)C[C@@H](C)[C@@H](CN(C)C(=O)c1ccc3c(c1)OCO3)O2. The van der Waals surface area contributed by atoms with Crippen LogP contribution in [0, 0.1) is 23.7 Å². The zero-order valence-corrected chi connectivity index (χ0v) is 22.6. The highest BCUT2D eigenvalue weighted by Gasteiger charge is 2.35. The van der Waals surface area contributed by atoms with Crippen LogP contribution in [0.5, 0.6) is 17.4 Å². The first-order valence-corrected chi connectivity index (χ1v) is 12.9. The van der Waals surface area contributed by atoms with Crippen LogP contribution in [0.25, 0.3) is 0 Å². The summed E-state index contributed by atoms with van der Waals surface area (Å²) in [5.41, 5.74) is 1.39. The van der Waals surface area contributed by atoms with Crippen molar-refractivity contribution in [2.45, 2.75) is 46.3 Å². The highest BCUT2D eigenvalue weighted by molar-refractivity contribution is 5.97. The second-order valence-electron chi connectivity index (χ2n) is 10.4. The summed E-state index contributed by atoms with van der Waals surface area (Å²) >= 11 is 0. The number of amides is 2. The molecule has 0 spiro atoms. The van der Waals surface area contributed by atoms with E-state index in [4.69, 9.17) is 14.2 Å². The van der Waals surface area contributed by atoms with Crippen LogP contribution in [0.2, 0.25) is 0 Å². The zero-order chi connectivity index (χ0) is 27.4. The molecule has 9 nitrogen and oxygen atoms in total. The van der Waals surface area contributed by atoms with Crippen LogP contribution >= 0.6 is 0 Å². The Kier molecular flexibility index (Phi) is 8.42. The Hall–Kier alpha value is -3.77. The molecule has 2 aliphatic rings. The number of aliphatic hydroxyl groups is 1. The fourth-order valence-corrected chi connectivity index (χ4v) is 4.35. The molecule has 3 atom stereocenters. The summed E-state index contributed by atoms with van der Waals surface area (Å²) < 4.78 is 17.1. The summed E-state index contributed by atoms with van der Waals surface area (Å²) in [5.74, 6) is 7.38. The predicted molar refractivity (Wildman–Crippen MR) is 141 cm³/mol. The Morgan fingerprint density at radius 3 is 2.74 bits per heavy atom. The lowest BCUT2D eigenvalue weighted by Crippen LogP contribution is -2.50. The van der Waals surface area contributed by atoms with Gasteiger partial charge in [0.05, 0.1) is 19.2 Å². The van der Waals surface area contributed by atoms with E-state index >= 15 is 0 Å². The van der Waals surface area contributed by atoms with Crippen molar-refractivity contribution in [3.63, 3.8) is 0 Å². The summed E-state index contributed by atoms with van der Waals surface area (Å²) in [4.78, 5) is 34.5. The second kappa shape index (κ2) is 11.7. The first-order chi connectivity index (χ1) is 18.2. The lowest BCUT2D eigenvalue weighted by Gasteiger charge is -2.37. The van der Waals surface area contributed by atoms with Gasteiger partial charge in [0.25, 0.3) is 11.8 Å². The number of hydrogen-bond donors (Lipinski definition) is 1. The van der Waals surface area contributed by atoms with E-state index in [2.05, 4.69) is 30.7 Å². The first kappa shape index (κ1) is 27.3. The van der Waals surface area contributed by atoms with E-state index in [1.165, 1.54) is 0 Å². The van der Waals surface area contributed by atoms with Crippen LogP contribution in [0.4, 0.5) is 0 Å². The van der Waals surface area contributed by atoms with Gasteiger partial charge >= 0.3 is 0 Å². The number of aromatic nitrogens is 1. The van der Waals surface area contributed by atoms with E-state index in [1.807, 2.05) is 6.92 Å². The fourth-order valence-electron chi connectivity index (χ4n) is 4.35. The van der Waals surface area contributed by atoms with Gasteiger partial charge in [0.1, 0.15) is 11.7 Å². The molecule has 202 valence electrons. The molecule has 0 saturated carbocycles. The quantitative estimate of drug-likeness (QED) is 0.583. The van der Waals surface area contributed by atoms with Gasteiger partial charge in [-0.05, 0) is 37.1 Å². The van der Waals surface area contributed by atoms with Gasteiger partial charge in [0.15, 0.2) is 11.5 Å². The highest BCUT2D eigenvalue weighted by Crippen LogP contribution is 2.33. The molecule has 9 heteroatoms. The molecule has 3 heterocycles. The van der Waals surface area contributed by atoms with Crippen LogP contribution in [0.3, 0.4) is 0 Å². The summed E-state index contributed by atoms with van der Waals surface area (Å²) in [7, 11) is 1.71. The smallest absolute Gasteiger partial charge is 0.259 e. The number of benzene rings is 1. The number of pyridine rings is 1. The van der Waals surface area contributed by atoms with Crippen molar-refractivity contribution in [3.05, 3.63) is 47.2 Å². The summed E-state index contributed by atoms with van der Waals surface area (Å²) in [6.07, 6.45) is 1.88. The van der Waals surface area contributed by atoms with Gasteiger partial charge in [-0.3, -0.25) is 9.59 Å². The third kappa shape index (κ3) is 6.03. The van der Waals surface area contributed by atoms with Crippen molar-refractivity contribution in [2.75, 3.05) is 33.5 Å². The molecule has 0 fully saturated rings. The lowest BCUT2D eigenvalue weighted by atomic mass is 9.99. The maximum Gasteiger partial charge on any atom is 0.259 e. The molecule has 2 aromatic rings. The van der Waals surface area contributed by atoms with Gasteiger partial charge in [-0.1, -0.05) is 32.6 Å². The van der Waals surface area contributed by atoms with Crippen molar-refractivity contribution >= 4 is 11.8 Å². The molecule has 0 saturated heterocycles. The second-order valence-corrected chi connectivity index (χ2v) is 10.4. The number of rotatable bonds is 6. The average molecular weight is 522 g/mol. The predicted octanol–water partition coefficient (Wildman–Crippen LogP) is 3.20. The number of carbonyl (C=O) groups excluding carboxylic acids is 2. The van der Waals surface area contributed by atoms with Crippen LogP contribution in [0.15, 0.2) is 30.5 Å². The van der Waals surface area contributed by atoms with Crippen molar-refractivity contribution in [2.24, 2.45) is 11.8 Å². The van der Waals surface area contributed by atoms with E-state index in [-0.39, 0.29) is 43.6 Å². The maximum absolute atomic E-state index is 13.5. The number of nitrogens with zero attached hydrogens (tertiary/aromatic N) is 3. The van der Waals surface area contributed by atoms with Crippen molar-refractivity contribution in [1.82, 2.24) is 14.8 Å². The van der Waals surface area contributed by atoms with E-state index in [0.717, 1.165) is 6.42 Å². The third-order valence-electron chi connectivity index (χ3n) is 6.68. The molecule has 4 rings (SSSR count). The number of likely N-dealkylation sites (N-methyl/N-ethyl adjacent to an activating group) is 1. The molecule has 2 aliphatic heterocycles. The normalized spacial score (nSPS) is 19.0. The summed E-state index contributed by atoms with van der Waals surface area (Å²) in [5, 5.41) is 9.87. The number of aliphatic hydroxyl groups excluding tert-OH is 1. The molecule has 38 heavy (non-hydrogen) atoms. The van der Waals surface area contributed by atoms with Crippen molar-refractivity contribution in [3.8, 4) is 29.2 Å².